The fourth-order valence-electron chi connectivity index (χ4n) is 14.2. The summed E-state index contributed by atoms with van der Waals surface area (Å²) in [5, 5.41) is 9.89. The lowest BCUT2D eigenvalue weighted by atomic mass is 9.36. The zero-order chi connectivity index (χ0) is 53.3. The van der Waals surface area contributed by atoms with Gasteiger partial charge in [0.25, 0.3) is 6.71 Å². The van der Waals surface area contributed by atoms with Crippen molar-refractivity contribution in [3.05, 3.63) is 255 Å². The molecule has 0 aliphatic carbocycles. The first-order chi connectivity index (χ1) is 40.7. The van der Waals surface area contributed by atoms with Gasteiger partial charge in [0, 0.05) is 86.1 Å². The summed E-state index contributed by atoms with van der Waals surface area (Å²) in [5.74, 6) is 0. The lowest BCUT2D eigenvalue weighted by Crippen LogP contribution is -2.60. The largest absolute Gasteiger partial charge is 0.454 e. The second-order valence-electron chi connectivity index (χ2n) is 21.8. The number of nitrogens with zero attached hydrogens (tertiary/aromatic N) is 3. The number of hydrogen-bond donors (Lipinski definition) is 0. The summed E-state index contributed by atoms with van der Waals surface area (Å²) in [7, 11) is 0. The second kappa shape index (κ2) is 16.5. The topological polar surface area (TPSA) is 50.8 Å². The van der Waals surface area contributed by atoms with E-state index < -0.39 is 0 Å². The number of para-hydroxylation sites is 5. The summed E-state index contributed by atoms with van der Waals surface area (Å²) in [6, 6.07) is 92.3. The van der Waals surface area contributed by atoms with Crippen LogP contribution < -0.4 is 25.5 Å². The van der Waals surface area contributed by atoms with Gasteiger partial charge in [0.15, 0.2) is 16.7 Å². The van der Waals surface area contributed by atoms with Crippen molar-refractivity contribution < 1.29 is 13.3 Å². The Balaban J connectivity index is 1.03. The maximum atomic E-state index is 7.50. The molecule has 0 unspecified atom stereocenters. The quantitative estimate of drug-likeness (QED) is 0.161. The molecule has 2 aliphatic heterocycles. The SMILES string of the molecule is c1ccc(-c2ccc3c(oc4ccccc43)c2N2c3ccc(-n4c5ccccc5c5ccccc54)cc3B3c4sc5ccccc5c4N(c4c(-c5ccccc5)ccc5c4oc4ccccc45)c4c3c2cc2c4oc3ccccc32)cc1. The number of rotatable bonds is 5. The van der Waals surface area contributed by atoms with Crippen LogP contribution in [0.3, 0.4) is 0 Å². The summed E-state index contributed by atoms with van der Waals surface area (Å²) >= 11 is 1.89. The lowest BCUT2D eigenvalue weighted by Gasteiger charge is -2.43. The molecule has 0 atom stereocenters. The average molecular weight is 1060 g/mol. The normalized spacial score (nSPS) is 13.0. The van der Waals surface area contributed by atoms with Crippen molar-refractivity contribution in [3.63, 3.8) is 0 Å². The molecule has 0 spiro atoms. The Kier molecular flexibility index (Phi) is 8.93. The molecule has 0 amide bonds. The molecule has 12 aromatic carbocycles. The van der Waals surface area contributed by atoms with E-state index in [4.69, 9.17) is 13.3 Å². The molecule has 0 saturated carbocycles. The fraction of sp³-hybridized carbons (Fsp3) is 0. The van der Waals surface area contributed by atoms with Gasteiger partial charge >= 0.3 is 0 Å². The van der Waals surface area contributed by atoms with Crippen LogP contribution in [0.15, 0.2) is 268 Å². The maximum Gasteiger partial charge on any atom is 0.264 e. The predicted octanol–water partition coefficient (Wildman–Crippen LogP) is 19.1. The molecule has 82 heavy (non-hydrogen) atoms. The summed E-state index contributed by atoms with van der Waals surface area (Å²) < 4.78 is 27.0. The number of benzene rings is 12. The van der Waals surface area contributed by atoms with Crippen LogP contribution in [-0.4, -0.2) is 11.3 Å². The summed E-state index contributed by atoms with van der Waals surface area (Å²) in [4.78, 5) is 5.10. The Morgan fingerprint density at radius 3 is 1.39 bits per heavy atom. The van der Waals surface area contributed by atoms with E-state index in [0.29, 0.717) is 0 Å². The van der Waals surface area contributed by atoms with Gasteiger partial charge in [-0.15, -0.1) is 11.3 Å². The monoisotopic (exact) mass is 1060 g/mol. The minimum Gasteiger partial charge on any atom is -0.454 e. The van der Waals surface area contributed by atoms with Crippen molar-refractivity contribution >= 4 is 166 Å². The van der Waals surface area contributed by atoms with Crippen molar-refractivity contribution in [2.45, 2.75) is 0 Å². The van der Waals surface area contributed by atoms with Crippen LogP contribution in [0, 0.1) is 0 Å². The van der Waals surface area contributed by atoms with Gasteiger partial charge in [0.05, 0.1) is 33.8 Å². The van der Waals surface area contributed by atoms with E-state index in [1.165, 1.54) is 25.7 Å². The molecular formula is C74H42BN3O3S. The Morgan fingerprint density at radius 1 is 0.329 bits per heavy atom. The third kappa shape index (κ3) is 5.92. The van der Waals surface area contributed by atoms with Crippen LogP contribution in [0.5, 0.6) is 0 Å². The van der Waals surface area contributed by atoms with Gasteiger partial charge < -0.3 is 27.6 Å². The molecule has 0 bridgehead atoms. The fourth-order valence-corrected chi connectivity index (χ4v) is 15.5. The number of hydrogen-bond acceptors (Lipinski definition) is 6. The van der Waals surface area contributed by atoms with Crippen LogP contribution in [-0.2, 0) is 0 Å². The van der Waals surface area contributed by atoms with Crippen LogP contribution >= 0.6 is 11.3 Å². The van der Waals surface area contributed by atoms with E-state index in [1.54, 1.807) is 0 Å². The molecule has 8 heteroatoms. The first kappa shape index (κ1) is 44.3. The number of fused-ring (bicyclic) bond motifs is 19. The van der Waals surface area contributed by atoms with Gasteiger partial charge in [0.2, 0.25) is 0 Å². The minimum absolute atomic E-state index is 0.268. The van der Waals surface area contributed by atoms with Crippen molar-refractivity contribution in [1.82, 2.24) is 4.57 Å². The van der Waals surface area contributed by atoms with E-state index in [2.05, 4.69) is 269 Å². The maximum absolute atomic E-state index is 7.50. The van der Waals surface area contributed by atoms with Gasteiger partial charge in [-0.3, -0.25) is 0 Å². The highest BCUT2D eigenvalue weighted by Gasteiger charge is 2.49. The average Bonchev–Trinajstić information content (AvgIpc) is 1.39. The molecule has 0 saturated heterocycles. The summed E-state index contributed by atoms with van der Waals surface area (Å²) in [5.41, 5.74) is 21.1. The van der Waals surface area contributed by atoms with Crippen LogP contribution in [0.25, 0.3) is 126 Å². The molecule has 380 valence electrons. The number of thiophene rings is 1. The molecule has 0 radical (unpaired) electrons. The van der Waals surface area contributed by atoms with Crippen LogP contribution in [0.2, 0.25) is 0 Å². The van der Waals surface area contributed by atoms with Crippen LogP contribution in [0.1, 0.15) is 0 Å². The van der Waals surface area contributed by atoms with E-state index in [9.17, 15) is 0 Å². The van der Waals surface area contributed by atoms with Gasteiger partial charge in [-0.1, -0.05) is 182 Å². The Labute approximate surface area is 473 Å². The number of aromatic nitrogens is 1. The third-order valence-electron chi connectivity index (χ3n) is 17.6. The van der Waals surface area contributed by atoms with Crippen molar-refractivity contribution in [2.75, 3.05) is 9.80 Å². The Bertz CT molecular complexity index is 5520. The number of furan rings is 3. The highest BCUT2D eigenvalue weighted by atomic mass is 32.1. The number of anilines is 6. The van der Waals surface area contributed by atoms with Gasteiger partial charge in [-0.2, -0.15) is 0 Å². The smallest absolute Gasteiger partial charge is 0.264 e. The molecule has 19 rings (SSSR count). The van der Waals surface area contributed by atoms with Gasteiger partial charge in [0.1, 0.15) is 16.7 Å². The molecule has 0 fully saturated rings. The van der Waals surface area contributed by atoms with Crippen molar-refractivity contribution in [3.8, 4) is 27.9 Å². The molecule has 0 N–H and O–H groups in total. The van der Waals surface area contributed by atoms with Crippen molar-refractivity contribution in [1.29, 1.82) is 0 Å². The van der Waals surface area contributed by atoms with Crippen molar-refractivity contribution in [2.24, 2.45) is 0 Å². The van der Waals surface area contributed by atoms with E-state index in [0.717, 1.165) is 150 Å². The molecule has 2 aliphatic rings. The second-order valence-corrected chi connectivity index (χ2v) is 22.8. The van der Waals surface area contributed by atoms with Gasteiger partial charge in [-0.25, -0.2) is 0 Å². The zero-order valence-corrected chi connectivity index (χ0v) is 44.6. The molecule has 17 aromatic rings. The summed E-state index contributed by atoms with van der Waals surface area (Å²) in [6.45, 7) is -0.268. The lowest BCUT2D eigenvalue weighted by molar-refractivity contribution is 0.666. The summed E-state index contributed by atoms with van der Waals surface area (Å²) in [6.07, 6.45) is 0. The van der Waals surface area contributed by atoms with Crippen LogP contribution in [0.4, 0.5) is 34.1 Å². The molecule has 6 nitrogen and oxygen atoms in total. The highest BCUT2D eigenvalue weighted by molar-refractivity contribution is 7.33. The molecule has 5 aromatic heterocycles. The van der Waals surface area contributed by atoms with Gasteiger partial charge in [-0.05, 0) is 94.8 Å². The third-order valence-corrected chi connectivity index (χ3v) is 18.8. The first-order valence-corrected chi connectivity index (χ1v) is 28.8. The predicted molar refractivity (Wildman–Crippen MR) is 343 cm³/mol. The standard InChI is InChI=1S/C74H42BN3O3S/c1-3-19-43(20-4-1)46-36-38-53-50-25-9-15-31-62(50)79-71(53)67(46)77-60-40-35-45(76-58-29-13-7-23-48(58)49-24-8-14-30-59(49)76)41-57(60)75-66-61(77)42-56-52-27-11-17-33-64(52)81-73(56)70(66)78(69-55-28-12-18-34-65(55)82-74(69)75)68-47(44-21-5-2-6-22-44)37-39-54-51-26-10-16-32-63(51)80-72(54)68/h1-42H. The van der Waals surface area contributed by atoms with E-state index in [1.807, 2.05) is 11.3 Å². The highest BCUT2D eigenvalue weighted by Crippen LogP contribution is 2.57. The first-order valence-electron chi connectivity index (χ1n) is 27.9. The van der Waals surface area contributed by atoms with E-state index in [-0.39, 0.29) is 6.71 Å². The molecular weight excluding hydrogens is 1020 g/mol. The Hall–Kier alpha value is -10.5. The van der Waals surface area contributed by atoms with E-state index >= 15 is 0 Å². The molecule has 7 heterocycles. The zero-order valence-electron chi connectivity index (χ0n) is 43.8. The Morgan fingerprint density at radius 2 is 0.805 bits per heavy atom. The minimum atomic E-state index is -0.268.